The molecule has 106 heavy (non-hydrogen) atoms. The fraction of sp³-hybridized carbons (Fsp3) is 0.0729. The summed E-state index contributed by atoms with van der Waals surface area (Å²) in [5.41, 5.74) is 16.4. The lowest BCUT2D eigenvalue weighted by molar-refractivity contribution is -0.0895. The summed E-state index contributed by atoms with van der Waals surface area (Å²) >= 11 is 3.82. The number of fused-ring (bicyclic) bond motifs is 8. The number of halogens is 1. The topological polar surface area (TPSA) is 109 Å². The minimum atomic E-state index is -0.352. The first-order valence-electron chi connectivity index (χ1n) is 35.6. The van der Waals surface area contributed by atoms with Crippen molar-refractivity contribution in [1.82, 2.24) is 34.9 Å². The van der Waals surface area contributed by atoms with E-state index < -0.39 is 0 Å². The molecule has 1 fully saturated rings. The van der Waals surface area contributed by atoms with Gasteiger partial charge >= 0.3 is 0 Å². The van der Waals surface area contributed by atoms with Crippen LogP contribution < -0.4 is 0 Å². The Morgan fingerprint density at radius 2 is 0.623 bits per heavy atom. The SMILES string of the molecule is Brc1c(-c2cc(-c3ccccc3)nc(-c3ccccc3)n2)ccc2ccccc12.CC1(C)OC(c2ccc(-c3nc4ccccc4c4ccccc34)cc2)OC1(C)C.c1ccc(-c2nc(-c3ccccc3)nc(-c3ccc4ccccc4c3-c3ccc(-c4nc5ccccc5c5ccccc45)cc3)n2)cc1. The molecule has 18 aromatic rings. The van der Waals surface area contributed by atoms with Gasteiger partial charge in [-0.2, -0.15) is 0 Å². The summed E-state index contributed by atoms with van der Waals surface area (Å²) in [7, 11) is 0. The summed E-state index contributed by atoms with van der Waals surface area (Å²) in [5, 5.41) is 11.7. The average molecular weight is 1430 g/mol. The van der Waals surface area contributed by atoms with Crippen LogP contribution in [0.1, 0.15) is 39.5 Å². The molecular weight excluding hydrogens is 1360 g/mol. The minimum Gasteiger partial charge on any atom is -0.339 e. The molecule has 508 valence electrons. The van der Waals surface area contributed by atoms with Gasteiger partial charge in [0.25, 0.3) is 0 Å². The van der Waals surface area contributed by atoms with Crippen molar-refractivity contribution in [1.29, 1.82) is 0 Å². The third kappa shape index (κ3) is 13.2. The number of ether oxygens (including phenoxy) is 2. The van der Waals surface area contributed by atoms with Gasteiger partial charge in [-0.05, 0) is 106 Å². The first kappa shape index (κ1) is 66.7. The number of hydrogen-bond donors (Lipinski definition) is 0. The summed E-state index contributed by atoms with van der Waals surface area (Å²) < 4.78 is 13.4. The molecule has 0 atom stereocenters. The first-order valence-corrected chi connectivity index (χ1v) is 36.4. The van der Waals surface area contributed by atoms with Gasteiger partial charge < -0.3 is 9.47 Å². The third-order valence-corrected chi connectivity index (χ3v) is 21.1. The molecule has 0 aliphatic carbocycles. The molecule has 0 radical (unpaired) electrons. The number of para-hydroxylation sites is 2. The van der Waals surface area contributed by atoms with Crippen molar-refractivity contribution in [2.24, 2.45) is 0 Å². The van der Waals surface area contributed by atoms with Crippen LogP contribution in [-0.2, 0) is 9.47 Å². The highest BCUT2D eigenvalue weighted by atomic mass is 79.9. The highest BCUT2D eigenvalue weighted by Crippen LogP contribution is 2.46. The van der Waals surface area contributed by atoms with E-state index in [4.69, 9.17) is 44.4 Å². The third-order valence-electron chi connectivity index (χ3n) is 20.2. The van der Waals surface area contributed by atoms with Crippen LogP contribution in [0, 0.1) is 0 Å². The number of benzene rings is 14. The zero-order chi connectivity index (χ0) is 71.7. The Morgan fingerprint density at radius 1 is 0.264 bits per heavy atom. The lowest BCUT2D eigenvalue weighted by Crippen LogP contribution is -2.41. The first-order chi connectivity index (χ1) is 51.9. The van der Waals surface area contributed by atoms with Gasteiger partial charge in [-0.25, -0.2) is 34.9 Å². The highest BCUT2D eigenvalue weighted by Gasteiger charge is 2.49. The number of pyridine rings is 2. The van der Waals surface area contributed by atoms with E-state index in [1.54, 1.807) is 0 Å². The normalized spacial score (nSPS) is 13.2. The number of hydrogen-bond acceptors (Lipinski definition) is 9. The summed E-state index contributed by atoms with van der Waals surface area (Å²) in [6.07, 6.45) is -0.352. The van der Waals surface area contributed by atoms with E-state index in [0.29, 0.717) is 17.5 Å². The number of nitrogens with zero attached hydrogens (tertiary/aromatic N) is 7. The van der Waals surface area contributed by atoms with Gasteiger partial charge in [0.05, 0.1) is 45.0 Å². The maximum Gasteiger partial charge on any atom is 0.185 e. The summed E-state index contributed by atoms with van der Waals surface area (Å²) in [4.78, 5) is 35.0. The monoisotopic (exact) mass is 1430 g/mol. The van der Waals surface area contributed by atoms with Gasteiger partial charge in [-0.3, -0.25) is 0 Å². The van der Waals surface area contributed by atoms with Crippen molar-refractivity contribution in [3.05, 3.63) is 356 Å². The summed E-state index contributed by atoms with van der Waals surface area (Å²) in [6.45, 7) is 8.30. The second-order valence-electron chi connectivity index (χ2n) is 27.4. The predicted octanol–water partition coefficient (Wildman–Crippen LogP) is 25.1. The molecular formula is C96H70BrN7O2. The van der Waals surface area contributed by atoms with Crippen LogP contribution in [0.4, 0.5) is 0 Å². The van der Waals surface area contributed by atoms with E-state index >= 15 is 0 Å². The Labute approximate surface area is 623 Å². The molecule has 19 rings (SSSR count). The molecule has 9 nitrogen and oxygen atoms in total. The molecule has 0 N–H and O–H groups in total. The number of aromatic nitrogens is 7. The Balaban J connectivity index is 0.000000124. The van der Waals surface area contributed by atoms with E-state index in [0.717, 1.165) is 132 Å². The highest BCUT2D eigenvalue weighted by molar-refractivity contribution is 9.10. The molecule has 0 saturated carbocycles. The number of rotatable bonds is 10. The smallest absolute Gasteiger partial charge is 0.185 e. The second kappa shape index (κ2) is 28.6. The van der Waals surface area contributed by atoms with E-state index in [2.05, 4.69) is 268 Å². The minimum absolute atomic E-state index is 0.341. The fourth-order valence-corrected chi connectivity index (χ4v) is 14.7. The van der Waals surface area contributed by atoms with Crippen molar-refractivity contribution in [3.63, 3.8) is 0 Å². The molecule has 1 saturated heterocycles. The molecule has 4 aromatic heterocycles. The fourth-order valence-electron chi connectivity index (χ4n) is 14.0. The molecule has 10 heteroatoms. The molecule has 0 bridgehead atoms. The lowest BCUT2D eigenvalue weighted by Gasteiger charge is -2.30. The van der Waals surface area contributed by atoms with Crippen LogP contribution in [0.2, 0.25) is 0 Å². The molecule has 0 amide bonds. The Morgan fingerprint density at radius 3 is 1.12 bits per heavy atom. The van der Waals surface area contributed by atoms with Crippen LogP contribution in [0.3, 0.4) is 0 Å². The van der Waals surface area contributed by atoms with Gasteiger partial charge in [0, 0.05) is 81.7 Å². The second-order valence-corrected chi connectivity index (χ2v) is 28.2. The molecule has 1 aliphatic rings. The van der Waals surface area contributed by atoms with Gasteiger partial charge in [-0.1, -0.05) is 322 Å². The summed E-state index contributed by atoms with van der Waals surface area (Å²) in [5.74, 6) is 2.64. The zero-order valence-electron chi connectivity index (χ0n) is 58.8. The van der Waals surface area contributed by atoms with Gasteiger partial charge in [0.2, 0.25) is 0 Å². The van der Waals surface area contributed by atoms with Crippen LogP contribution in [0.25, 0.3) is 167 Å². The van der Waals surface area contributed by atoms with Gasteiger partial charge in [-0.15, -0.1) is 0 Å². The molecule has 5 heterocycles. The lowest BCUT2D eigenvalue weighted by atomic mass is 9.90. The largest absolute Gasteiger partial charge is 0.339 e. The van der Waals surface area contributed by atoms with Crippen molar-refractivity contribution in [2.75, 3.05) is 0 Å². The maximum absolute atomic E-state index is 6.19. The van der Waals surface area contributed by atoms with E-state index in [-0.39, 0.29) is 17.5 Å². The van der Waals surface area contributed by atoms with Gasteiger partial charge in [0.1, 0.15) is 0 Å². The van der Waals surface area contributed by atoms with Crippen molar-refractivity contribution < 1.29 is 9.47 Å². The predicted molar refractivity (Wildman–Crippen MR) is 439 cm³/mol. The molecule has 14 aromatic carbocycles. The Hall–Kier alpha value is -12.6. The van der Waals surface area contributed by atoms with Crippen LogP contribution in [-0.4, -0.2) is 46.1 Å². The molecule has 0 spiro atoms. The average Bonchev–Trinajstić information content (AvgIpc) is 0.797. The van der Waals surface area contributed by atoms with E-state index in [9.17, 15) is 0 Å². The molecule has 0 unspecified atom stereocenters. The maximum atomic E-state index is 6.19. The Kier molecular flexibility index (Phi) is 18.0. The molecule has 1 aliphatic heterocycles. The van der Waals surface area contributed by atoms with Crippen LogP contribution in [0.5, 0.6) is 0 Å². The summed E-state index contributed by atoms with van der Waals surface area (Å²) in [6, 6.07) is 119. The van der Waals surface area contributed by atoms with Crippen molar-refractivity contribution >= 4 is 80.8 Å². The van der Waals surface area contributed by atoms with E-state index in [1.807, 2.05) is 121 Å². The quantitative estimate of drug-likeness (QED) is 0.124. The van der Waals surface area contributed by atoms with E-state index in [1.165, 1.54) is 26.9 Å². The zero-order valence-corrected chi connectivity index (χ0v) is 60.4. The van der Waals surface area contributed by atoms with Crippen molar-refractivity contribution in [3.8, 4) is 102 Å². The standard InChI is InChI=1S/C44H28N4.C26H17BrN2.C26H25NO2/c1-3-14-32(15-4-1)42-46-43(33-16-5-2-6-17-33)48-44(47-42)38-28-27-29-13-7-8-18-34(29)40(38)30-23-25-31(26-24-30)41-37-21-10-9-19-35(37)36-20-11-12-22-39(36)45-41;27-25-21-14-8-7-9-18(21)15-16-22(25)24-17-23(19-10-3-1-4-11-19)28-26(29-24)20-12-5-2-6-13-20;1-25(2)26(3,4)29-24(28-25)18-15-13-17(14-16-18)23-21-11-6-5-9-19(21)20-10-7-8-12-22(20)27-23/h1-28H;1-17H;5-16,24H,1-4H3. The Bertz CT molecular complexity index is 6150. The van der Waals surface area contributed by atoms with Crippen LogP contribution in [0.15, 0.2) is 350 Å². The van der Waals surface area contributed by atoms with Crippen LogP contribution >= 0.6 is 15.9 Å². The van der Waals surface area contributed by atoms with Gasteiger partial charge in [0.15, 0.2) is 29.6 Å². The van der Waals surface area contributed by atoms with Crippen molar-refractivity contribution in [2.45, 2.75) is 45.2 Å².